The average molecular weight is 483 g/mol. The van der Waals surface area contributed by atoms with E-state index >= 15 is 0 Å². The molecule has 1 aromatic carbocycles. The van der Waals surface area contributed by atoms with E-state index in [1.165, 1.54) is 0 Å². The standard InChI is InChI=1S/C26H33F3O5/c1-15(2)20(30)13-33-23-22(21-17(4)10-16(3)11-18(21)5)24(31)34-25(23)8-6-19(7-9-25)12-32-14-26(27,28)29/h10-11,15,19H,6-9,12-14H2,1-5H3. The number of esters is 1. The molecule has 5 nitrogen and oxygen atoms in total. The van der Waals surface area contributed by atoms with Crippen LogP contribution >= 0.6 is 0 Å². The molecule has 2 aliphatic rings. The summed E-state index contributed by atoms with van der Waals surface area (Å²) < 4.78 is 54.1. The number of carbonyl (C=O) groups excluding carboxylic acids is 2. The van der Waals surface area contributed by atoms with Gasteiger partial charge in [0.25, 0.3) is 0 Å². The number of Topliss-reactive ketones (excluding diaryl/α,β-unsaturated/α-hetero) is 1. The highest BCUT2D eigenvalue weighted by atomic mass is 19.4. The van der Waals surface area contributed by atoms with E-state index in [2.05, 4.69) is 0 Å². The molecule has 1 aliphatic carbocycles. The molecule has 0 unspecified atom stereocenters. The van der Waals surface area contributed by atoms with Gasteiger partial charge in [-0.1, -0.05) is 31.5 Å². The van der Waals surface area contributed by atoms with Crippen LogP contribution in [0.15, 0.2) is 17.9 Å². The number of ketones is 1. The first kappa shape index (κ1) is 26.3. The molecular formula is C26H33F3O5. The van der Waals surface area contributed by atoms with Crippen molar-refractivity contribution in [1.29, 1.82) is 0 Å². The van der Waals surface area contributed by atoms with E-state index in [9.17, 15) is 22.8 Å². The van der Waals surface area contributed by atoms with Crippen molar-refractivity contribution in [2.75, 3.05) is 19.8 Å². The van der Waals surface area contributed by atoms with Gasteiger partial charge in [0, 0.05) is 12.5 Å². The largest absolute Gasteiger partial charge is 0.485 e. The number of aryl methyl sites for hydroxylation is 3. The zero-order valence-electron chi connectivity index (χ0n) is 20.4. The van der Waals surface area contributed by atoms with E-state index in [-0.39, 0.29) is 30.8 Å². The molecule has 0 aromatic heterocycles. The van der Waals surface area contributed by atoms with Gasteiger partial charge in [-0.05, 0) is 69.1 Å². The van der Waals surface area contributed by atoms with Crippen molar-refractivity contribution in [3.05, 3.63) is 40.1 Å². The minimum atomic E-state index is -4.36. The first-order valence-corrected chi connectivity index (χ1v) is 11.7. The Hall–Kier alpha value is -2.35. The Balaban J connectivity index is 1.90. The Morgan fingerprint density at radius 3 is 2.26 bits per heavy atom. The van der Waals surface area contributed by atoms with Crippen LogP contribution in [-0.4, -0.2) is 43.4 Å². The van der Waals surface area contributed by atoms with Crippen LogP contribution in [0.4, 0.5) is 13.2 Å². The van der Waals surface area contributed by atoms with Crippen LogP contribution in [0.25, 0.3) is 5.57 Å². The second-order valence-electron chi connectivity index (χ2n) is 9.85. The van der Waals surface area contributed by atoms with Crippen molar-refractivity contribution >= 4 is 17.3 Å². The van der Waals surface area contributed by atoms with E-state index in [1.807, 2.05) is 32.9 Å². The lowest BCUT2D eigenvalue weighted by Crippen LogP contribution is -2.39. The summed E-state index contributed by atoms with van der Waals surface area (Å²) in [6, 6.07) is 3.97. The lowest BCUT2D eigenvalue weighted by Gasteiger charge is -2.37. The number of ether oxygens (including phenoxy) is 3. The second-order valence-corrected chi connectivity index (χ2v) is 9.85. The molecule has 188 valence electrons. The van der Waals surface area contributed by atoms with Crippen molar-refractivity contribution in [2.45, 2.75) is 72.1 Å². The van der Waals surface area contributed by atoms with Gasteiger partial charge in [-0.2, -0.15) is 13.2 Å². The first-order chi connectivity index (χ1) is 15.8. The van der Waals surface area contributed by atoms with Gasteiger partial charge >= 0.3 is 12.1 Å². The van der Waals surface area contributed by atoms with E-state index in [0.717, 1.165) is 22.3 Å². The van der Waals surface area contributed by atoms with Gasteiger partial charge < -0.3 is 14.2 Å². The molecule has 0 saturated heterocycles. The molecule has 0 radical (unpaired) electrons. The fourth-order valence-corrected chi connectivity index (χ4v) is 4.88. The van der Waals surface area contributed by atoms with Crippen molar-refractivity contribution in [3.63, 3.8) is 0 Å². The molecule has 0 bridgehead atoms. The van der Waals surface area contributed by atoms with Gasteiger partial charge in [0.05, 0.1) is 0 Å². The van der Waals surface area contributed by atoms with Gasteiger partial charge in [0.15, 0.2) is 17.1 Å². The first-order valence-electron chi connectivity index (χ1n) is 11.7. The molecule has 1 aliphatic heterocycles. The van der Waals surface area contributed by atoms with Crippen LogP contribution in [0.1, 0.15) is 61.8 Å². The number of hydrogen-bond donors (Lipinski definition) is 0. The number of alkyl halides is 3. The number of halogens is 3. The molecule has 3 rings (SSSR count). The van der Waals surface area contributed by atoms with E-state index in [1.54, 1.807) is 13.8 Å². The molecule has 1 fully saturated rings. The molecule has 0 atom stereocenters. The number of carbonyl (C=O) groups is 2. The van der Waals surface area contributed by atoms with Crippen molar-refractivity contribution in [1.82, 2.24) is 0 Å². The van der Waals surface area contributed by atoms with Crippen LogP contribution in [0.3, 0.4) is 0 Å². The van der Waals surface area contributed by atoms with Gasteiger partial charge in [-0.3, -0.25) is 4.79 Å². The van der Waals surface area contributed by atoms with Gasteiger partial charge in [0.2, 0.25) is 0 Å². The maximum atomic E-state index is 13.2. The Bertz CT molecular complexity index is 946. The minimum absolute atomic E-state index is 0.00167. The maximum absolute atomic E-state index is 13.2. The van der Waals surface area contributed by atoms with Crippen molar-refractivity contribution < 1.29 is 37.0 Å². The number of hydrogen-bond acceptors (Lipinski definition) is 5. The third kappa shape index (κ3) is 5.82. The van der Waals surface area contributed by atoms with Gasteiger partial charge in [-0.25, -0.2) is 4.79 Å². The SMILES string of the molecule is Cc1cc(C)c(C2=C(OCC(=O)C(C)C)C3(CCC(COCC(F)(F)F)CC3)OC2=O)c(C)c1. The summed E-state index contributed by atoms with van der Waals surface area (Å²) in [4.78, 5) is 25.5. The molecular weight excluding hydrogens is 449 g/mol. The quantitative estimate of drug-likeness (QED) is 0.450. The van der Waals surface area contributed by atoms with Gasteiger partial charge in [0.1, 0.15) is 18.8 Å². The van der Waals surface area contributed by atoms with Crippen molar-refractivity contribution in [2.24, 2.45) is 11.8 Å². The summed E-state index contributed by atoms with van der Waals surface area (Å²) in [5.74, 6) is -0.502. The fraction of sp³-hybridized carbons (Fsp3) is 0.615. The van der Waals surface area contributed by atoms with Gasteiger partial charge in [-0.15, -0.1) is 0 Å². The predicted molar refractivity (Wildman–Crippen MR) is 121 cm³/mol. The molecule has 1 saturated carbocycles. The summed E-state index contributed by atoms with van der Waals surface area (Å²) >= 11 is 0. The van der Waals surface area contributed by atoms with Crippen LogP contribution < -0.4 is 0 Å². The molecule has 34 heavy (non-hydrogen) atoms. The number of rotatable bonds is 8. The summed E-state index contributed by atoms with van der Waals surface area (Å²) in [5, 5.41) is 0. The average Bonchev–Trinajstić information content (AvgIpc) is 2.97. The molecule has 1 spiro atoms. The monoisotopic (exact) mass is 482 g/mol. The molecule has 0 amide bonds. The lowest BCUT2D eigenvalue weighted by molar-refractivity contribution is -0.179. The lowest BCUT2D eigenvalue weighted by atomic mass is 9.77. The highest BCUT2D eigenvalue weighted by Crippen LogP contribution is 2.49. The molecule has 0 N–H and O–H groups in total. The summed E-state index contributed by atoms with van der Waals surface area (Å²) in [6.07, 6.45) is -2.51. The van der Waals surface area contributed by atoms with E-state index in [0.29, 0.717) is 37.0 Å². The van der Waals surface area contributed by atoms with Crippen LogP contribution in [-0.2, 0) is 23.8 Å². The Morgan fingerprint density at radius 1 is 1.15 bits per heavy atom. The minimum Gasteiger partial charge on any atom is -0.485 e. The normalized spacial score (nSPS) is 23.1. The highest BCUT2D eigenvalue weighted by molar-refractivity contribution is 6.20. The predicted octanol–water partition coefficient (Wildman–Crippen LogP) is 5.63. The topological polar surface area (TPSA) is 61.8 Å². The molecule has 1 heterocycles. The third-order valence-electron chi connectivity index (χ3n) is 6.59. The number of benzene rings is 1. The maximum Gasteiger partial charge on any atom is 0.411 e. The smallest absolute Gasteiger partial charge is 0.411 e. The van der Waals surface area contributed by atoms with Crippen LogP contribution in [0.5, 0.6) is 0 Å². The second kappa shape index (κ2) is 10.1. The molecule has 1 aromatic rings. The summed E-state index contributed by atoms with van der Waals surface area (Å²) in [5.41, 5.74) is 2.96. The van der Waals surface area contributed by atoms with E-state index in [4.69, 9.17) is 14.2 Å². The van der Waals surface area contributed by atoms with Crippen molar-refractivity contribution in [3.8, 4) is 0 Å². The Kier molecular flexibility index (Phi) is 7.80. The Morgan fingerprint density at radius 2 is 1.74 bits per heavy atom. The highest BCUT2D eigenvalue weighted by Gasteiger charge is 2.52. The zero-order valence-corrected chi connectivity index (χ0v) is 20.4. The van der Waals surface area contributed by atoms with E-state index < -0.39 is 24.4 Å². The fourth-order valence-electron chi connectivity index (χ4n) is 4.88. The molecule has 8 heteroatoms. The van der Waals surface area contributed by atoms with Crippen LogP contribution in [0.2, 0.25) is 0 Å². The zero-order chi connectivity index (χ0) is 25.3. The summed E-state index contributed by atoms with van der Waals surface area (Å²) in [7, 11) is 0. The third-order valence-corrected chi connectivity index (χ3v) is 6.59. The Labute approximate surface area is 198 Å². The summed E-state index contributed by atoms with van der Waals surface area (Å²) in [6.45, 7) is 7.95. The van der Waals surface area contributed by atoms with Crippen LogP contribution in [0, 0.1) is 32.6 Å².